The number of aryl methyl sites for hydroxylation is 2. The van der Waals surface area contributed by atoms with E-state index in [-0.39, 0.29) is 16.3 Å². The van der Waals surface area contributed by atoms with Crippen molar-refractivity contribution in [2.24, 2.45) is 0 Å². The van der Waals surface area contributed by atoms with Crippen molar-refractivity contribution in [3.05, 3.63) is 44.5 Å². The van der Waals surface area contributed by atoms with Crippen LogP contribution >= 0.6 is 11.3 Å². The van der Waals surface area contributed by atoms with Crippen LogP contribution in [0.3, 0.4) is 0 Å². The largest absolute Gasteiger partial charge is 0.451 e. The lowest BCUT2D eigenvalue weighted by molar-refractivity contribution is -0.153. The molecule has 1 heterocycles. The molecule has 0 radical (unpaired) electrons. The average Bonchev–Trinajstić information content (AvgIpc) is 2.94. The highest BCUT2D eigenvalue weighted by Gasteiger charge is 2.22. The number of carbonyl (C=O) groups is 2. The van der Waals surface area contributed by atoms with Crippen LogP contribution in [-0.4, -0.2) is 49.4 Å². The van der Waals surface area contributed by atoms with Gasteiger partial charge < -0.3 is 10.1 Å². The molecule has 2 rings (SSSR count). The first-order valence-corrected chi connectivity index (χ1v) is 10.9. The van der Waals surface area contributed by atoms with E-state index >= 15 is 0 Å². The fraction of sp³-hybridized carbons (Fsp3) is 0.389. The number of sulfonamides is 1. The number of thiazole rings is 1. The number of aromatic nitrogens is 1. The van der Waals surface area contributed by atoms with E-state index in [0.717, 1.165) is 15.6 Å². The maximum Gasteiger partial charge on any atom is 0.326 e. The zero-order valence-electron chi connectivity index (χ0n) is 16.8. The zero-order chi connectivity index (χ0) is 21.9. The molecule has 1 amide bonds. The van der Waals surface area contributed by atoms with E-state index < -0.39 is 28.0 Å². The molecule has 1 atom stereocenters. The number of carbonyl (C=O) groups excluding carboxylic acids is 2. The Morgan fingerprint density at radius 3 is 2.48 bits per heavy atom. The molecule has 0 aliphatic heterocycles. The minimum atomic E-state index is -3.66. The Morgan fingerprint density at radius 2 is 1.93 bits per heavy atom. The van der Waals surface area contributed by atoms with Gasteiger partial charge in [-0.3, -0.25) is 19.0 Å². The SMILES string of the molecule is Cc1ccc(S(=O)(=O)N(C)C)cc1NC(=O)[C@@H](C)OC(=O)Cn1c(C)csc1=O. The molecule has 0 aliphatic carbocycles. The van der Waals surface area contributed by atoms with Crippen LogP contribution in [0.5, 0.6) is 0 Å². The molecule has 0 saturated heterocycles. The highest BCUT2D eigenvalue weighted by atomic mass is 32.2. The molecule has 0 spiro atoms. The predicted molar refractivity (Wildman–Crippen MR) is 110 cm³/mol. The van der Waals surface area contributed by atoms with Gasteiger partial charge in [-0.05, 0) is 38.5 Å². The van der Waals surface area contributed by atoms with Gasteiger partial charge in [-0.15, -0.1) is 0 Å². The van der Waals surface area contributed by atoms with Crippen LogP contribution in [0.4, 0.5) is 5.69 Å². The Morgan fingerprint density at radius 1 is 1.28 bits per heavy atom. The Labute approximate surface area is 173 Å². The summed E-state index contributed by atoms with van der Waals surface area (Å²) >= 11 is 0.975. The molecule has 11 heteroatoms. The van der Waals surface area contributed by atoms with Crippen LogP contribution in [-0.2, 0) is 30.9 Å². The van der Waals surface area contributed by atoms with Gasteiger partial charge >= 0.3 is 10.8 Å². The maximum atomic E-state index is 12.4. The summed E-state index contributed by atoms with van der Waals surface area (Å²) in [4.78, 5) is 35.9. The standard InChI is InChI=1S/C18H23N3O6S2/c1-11-6-7-14(29(25,26)20(4)5)8-15(11)19-17(23)13(3)27-16(22)9-21-12(2)10-28-18(21)24/h6-8,10,13H,9H2,1-5H3,(H,19,23)/t13-/m1/s1. The summed E-state index contributed by atoms with van der Waals surface area (Å²) in [6, 6.07) is 4.38. The second kappa shape index (κ2) is 8.89. The smallest absolute Gasteiger partial charge is 0.326 e. The third-order valence-electron chi connectivity index (χ3n) is 4.19. The normalized spacial score (nSPS) is 12.6. The first-order chi connectivity index (χ1) is 13.4. The number of nitrogens with one attached hydrogen (secondary N) is 1. The van der Waals surface area contributed by atoms with E-state index in [0.29, 0.717) is 16.9 Å². The number of hydrogen-bond acceptors (Lipinski definition) is 7. The molecule has 0 unspecified atom stereocenters. The maximum absolute atomic E-state index is 12.4. The van der Waals surface area contributed by atoms with Gasteiger partial charge in [-0.25, -0.2) is 12.7 Å². The van der Waals surface area contributed by atoms with Crippen LogP contribution in [0.1, 0.15) is 18.2 Å². The van der Waals surface area contributed by atoms with Gasteiger partial charge in [0.2, 0.25) is 10.0 Å². The van der Waals surface area contributed by atoms with E-state index in [1.165, 1.54) is 37.7 Å². The Kier molecular flexibility index (Phi) is 6.98. The van der Waals surface area contributed by atoms with E-state index in [1.54, 1.807) is 25.3 Å². The van der Waals surface area contributed by atoms with E-state index in [2.05, 4.69) is 5.32 Å². The number of esters is 1. The van der Waals surface area contributed by atoms with E-state index in [4.69, 9.17) is 4.74 Å². The average molecular weight is 442 g/mol. The van der Waals surface area contributed by atoms with Crippen molar-refractivity contribution in [1.82, 2.24) is 8.87 Å². The first-order valence-electron chi connectivity index (χ1n) is 8.62. The summed E-state index contributed by atoms with van der Waals surface area (Å²) in [7, 11) is -0.839. The van der Waals surface area contributed by atoms with Gasteiger partial charge in [-0.2, -0.15) is 0 Å². The Balaban J connectivity index is 2.09. The molecule has 1 aromatic heterocycles. The van der Waals surface area contributed by atoms with Crippen LogP contribution in [0.2, 0.25) is 0 Å². The van der Waals surface area contributed by atoms with Crippen molar-refractivity contribution in [2.45, 2.75) is 38.3 Å². The number of anilines is 1. The lowest BCUT2D eigenvalue weighted by Crippen LogP contribution is -2.32. The third-order valence-corrected chi connectivity index (χ3v) is 6.88. The summed E-state index contributed by atoms with van der Waals surface area (Å²) in [5.74, 6) is -1.34. The highest BCUT2D eigenvalue weighted by Crippen LogP contribution is 2.22. The predicted octanol–water partition coefficient (Wildman–Crippen LogP) is 1.35. The minimum absolute atomic E-state index is 0.0281. The molecule has 2 aromatic rings. The highest BCUT2D eigenvalue weighted by molar-refractivity contribution is 7.89. The van der Waals surface area contributed by atoms with Gasteiger partial charge in [0.1, 0.15) is 6.54 Å². The first kappa shape index (κ1) is 22.8. The van der Waals surface area contributed by atoms with Gasteiger partial charge in [0.25, 0.3) is 5.91 Å². The van der Waals surface area contributed by atoms with Crippen molar-refractivity contribution in [2.75, 3.05) is 19.4 Å². The van der Waals surface area contributed by atoms with Crippen molar-refractivity contribution in [3.8, 4) is 0 Å². The molecular formula is C18H23N3O6S2. The van der Waals surface area contributed by atoms with Crippen molar-refractivity contribution >= 4 is 38.9 Å². The number of ether oxygens (including phenoxy) is 1. The van der Waals surface area contributed by atoms with Crippen LogP contribution in [0.15, 0.2) is 33.3 Å². The fourth-order valence-electron chi connectivity index (χ4n) is 2.35. The third kappa shape index (κ3) is 5.31. The van der Waals surface area contributed by atoms with Gasteiger partial charge in [0.15, 0.2) is 6.10 Å². The molecule has 29 heavy (non-hydrogen) atoms. The number of benzene rings is 1. The minimum Gasteiger partial charge on any atom is -0.451 e. The number of nitrogens with zero attached hydrogens (tertiary/aromatic N) is 2. The summed E-state index contributed by atoms with van der Waals surface area (Å²) in [6.45, 7) is 4.51. The van der Waals surface area contributed by atoms with Crippen molar-refractivity contribution < 1.29 is 22.7 Å². The van der Waals surface area contributed by atoms with Gasteiger partial charge in [0, 0.05) is 30.9 Å². The molecule has 0 aliphatic rings. The molecule has 0 bridgehead atoms. The van der Waals surface area contributed by atoms with E-state index in [1.807, 2.05) is 0 Å². The summed E-state index contributed by atoms with van der Waals surface area (Å²) < 4.78 is 32.0. The number of amides is 1. The van der Waals surface area contributed by atoms with Crippen LogP contribution in [0, 0.1) is 13.8 Å². The van der Waals surface area contributed by atoms with Gasteiger partial charge in [0.05, 0.1) is 4.90 Å². The second-order valence-electron chi connectivity index (χ2n) is 6.61. The summed E-state index contributed by atoms with van der Waals surface area (Å²) in [6.07, 6.45) is -1.13. The lowest BCUT2D eigenvalue weighted by atomic mass is 10.2. The number of rotatable bonds is 7. The lowest BCUT2D eigenvalue weighted by Gasteiger charge is -2.17. The molecule has 158 valence electrons. The number of hydrogen-bond donors (Lipinski definition) is 1. The Hall–Kier alpha value is -2.50. The molecule has 0 saturated carbocycles. The Bertz CT molecular complexity index is 1090. The van der Waals surface area contributed by atoms with Gasteiger partial charge in [-0.1, -0.05) is 17.4 Å². The molecule has 9 nitrogen and oxygen atoms in total. The van der Waals surface area contributed by atoms with Crippen LogP contribution < -0.4 is 10.2 Å². The van der Waals surface area contributed by atoms with Crippen molar-refractivity contribution in [1.29, 1.82) is 0 Å². The second-order valence-corrected chi connectivity index (χ2v) is 9.59. The molecule has 1 N–H and O–H groups in total. The van der Waals surface area contributed by atoms with Crippen molar-refractivity contribution in [3.63, 3.8) is 0 Å². The zero-order valence-corrected chi connectivity index (χ0v) is 18.4. The van der Waals surface area contributed by atoms with E-state index in [9.17, 15) is 22.8 Å². The fourth-order valence-corrected chi connectivity index (χ4v) is 4.02. The quantitative estimate of drug-likeness (QED) is 0.649. The summed E-state index contributed by atoms with van der Waals surface area (Å²) in [5.41, 5.74) is 1.57. The molecule has 1 aromatic carbocycles. The summed E-state index contributed by atoms with van der Waals surface area (Å²) in [5, 5.41) is 4.21. The van der Waals surface area contributed by atoms with Crippen LogP contribution in [0.25, 0.3) is 0 Å². The molecule has 0 fully saturated rings. The molecular weight excluding hydrogens is 418 g/mol. The topological polar surface area (TPSA) is 115 Å². The monoisotopic (exact) mass is 441 g/mol.